The predicted octanol–water partition coefficient (Wildman–Crippen LogP) is 5.18. The first-order valence-electron chi connectivity index (χ1n) is 9.26. The summed E-state index contributed by atoms with van der Waals surface area (Å²) in [5, 5.41) is 6.86. The molecule has 0 heterocycles. The Hall–Kier alpha value is -2.36. The van der Waals surface area contributed by atoms with Gasteiger partial charge in [0.15, 0.2) is 0 Å². The first-order valence-corrected chi connectivity index (χ1v) is 9.26. The molecule has 0 radical (unpaired) electrons. The number of hydrogen-bond donors (Lipinski definition) is 2. The van der Waals surface area contributed by atoms with E-state index in [2.05, 4.69) is 36.6 Å². The highest BCUT2D eigenvalue weighted by atomic mass is 16.5. The summed E-state index contributed by atoms with van der Waals surface area (Å²) in [5.41, 5.74) is 2.11. The Bertz CT molecular complexity index is 616. The third-order valence-electron chi connectivity index (χ3n) is 3.72. The van der Waals surface area contributed by atoms with Crippen molar-refractivity contribution >= 4 is 11.4 Å². The van der Waals surface area contributed by atoms with Crippen LogP contribution in [-0.4, -0.2) is 26.3 Å². The largest absolute Gasteiger partial charge is 0.494 e. The Morgan fingerprint density at radius 1 is 0.800 bits per heavy atom. The zero-order valence-electron chi connectivity index (χ0n) is 15.4. The van der Waals surface area contributed by atoms with Gasteiger partial charge in [0.25, 0.3) is 0 Å². The van der Waals surface area contributed by atoms with E-state index < -0.39 is 0 Å². The molecule has 4 nitrogen and oxygen atoms in total. The van der Waals surface area contributed by atoms with Gasteiger partial charge in [-0.15, -0.1) is 0 Å². The van der Waals surface area contributed by atoms with Crippen molar-refractivity contribution in [2.75, 3.05) is 36.9 Å². The molecule has 136 valence electrons. The van der Waals surface area contributed by atoms with Crippen LogP contribution in [0.1, 0.15) is 33.1 Å². The lowest BCUT2D eigenvalue weighted by Crippen LogP contribution is -2.14. The highest BCUT2D eigenvalue weighted by molar-refractivity contribution is 5.56. The van der Waals surface area contributed by atoms with Crippen molar-refractivity contribution in [2.45, 2.75) is 33.1 Å². The summed E-state index contributed by atoms with van der Waals surface area (Å²) in [7, 11) is 0. The Balaban J connectivity index is 1.77. The Labute approximate surface area is 151 Å². The molecule has 0 fully saturated rings. The number of rotatable bonds is 12. The number of anilines is 2. The van der Waals surface area contributed by atoms with E-state index in [1.807, 2.05) is 36.4 Å². The molecular formula is C21H30N2O2. The number of ether oxygens (including phenoxy) is 2. The van der Waals surface area contributed by atoms with Crippen molar-refractivity contribution in [3.63, 3.8) is 0 Å². The first-order chi connectivity index (χ1) is 12.3. The maximum absolute atomic E-state index is 5.85. The minimum Gasteiger partial charge on any atom is -0.494 e. The molecule has 0 amide bonds. The van der Waals surface area contributed by atoms with E-state index >= 15 is 0 Å². The van der Waals surface area contributed by atoms with Crippen LogP contribution in [0.25, 0.3) is 0 Å². The molecule has 0 atom stereocenters. The molecule has 2 N–H and O–H groups in total. The Morgan fingerprint density at radius 2 is 1.64 bits per heavy atom. The second-order valence-corrected chi connectivity index (χ2v) is 5.93. The van der Waals surface area contributed by atoms with Gasteiger partial charge >= 0.3 is 0 Å². The van der Waals surface area contributed by atoms with Crippen molar-refractivity contribution < 1.29 is 9.47 Å². The van der Waals surface area contributed by atoms with E-state index in [0.29, 0.717) is 0 Å². The third-order valence-corrected chi connectivity index (χ3v) is 3.72. The van der Waals surface area contributed by atoms with Crippen molar-refractivity contribution in [3.05, 3.63) is 48.5 Å². The summed E-state index contributed by atoms with van der Waals surface area (Å²) in [4.78, 5) is 0. The van der Waals surface area contributed by atoms with E-state index in [1.165, 1.54) is 0 Å². The quantitative estimate of drug-likeness (QED) is 0.522. The van der Waals surface area contributed by atoms with Gasteiger partial charge in [-0.2, -0.15) is 0 Å². The molecule has 0 spiro atoms. The average molecular weight is 342 g/mol. The lowest BCUT2D eigenvalue weighted by atomic mass is 10.3. The highest BCUT2D eigenvalue weighted by Crippen LogP contribution is 2.23. The maximum Gasteiger partial charge on any atom is 0.142 e. The van der Waals surface area contributed by atoms with Crippen molar-refractivity contribution in [3.8, 4) is 11.5 Å². The van der Waals surface area contributed by atoms with Crippen molar-refractivity contribution in [1.82, 2.24) is 0 Å². The van der Waals surface area contributed by atoms with Gasteiger partial charge in [0, 0.05) is 24.8 Å². The lowest BCUT2D eigenvalue weighted by Gasteiger charge is -2.14. The summed E-state index contributed by atoms with van der Waals surface area (Å²) in [6, 6.07) is 16.2. The van der Waals surface area contributed by atoms with Gasteiger partial charge in [-0.25, -0.2) is 0 Å². The molecular weight excluding hydrogens is 312 g/mol. The van der Waals surface area contributed by atoms with Crippen LogP contribution < -0.4 is 20.1 Å². The number of hydrogen-bond acceptors (Lipinski definition) is 4. The van der Waals surface area contributed by atoms with Gasteiger partial charge in [0.05, 0.1) is 18.9 Å². The minimum absolute atomic E-state index is 0.750. The summed E-state index contributed by atoms with van der Waals surface area (Å²) in [5.74, 6) is 1.83. The highest BCUT2D eigenvalue weighted by Gasteiger charge is 2.02. The lowest BCUT2D eigenvalue weighted by molar-refractivity contribution is 0.311. The molecule has 0 bridgehead atoms. The summed E-state index contributed by atoms with van der Waals surface area (Å²) in [6.07, 6.45) is 3.23. The van der Waals surface area contributed by atoms with Crippen LogP contribution in [0.4, 0.5) is 11.4 Å². The van der Waals surface area contributed by atoms with Crippen molar-refractivity contribution in [2.24, 2.45) is 0 Å². The van der Waals surface area contributed by atoms with Crippen molar-refractivity contribution in [1.29, 1.82) is 0 Å². The zero-order chi connectivity index (χ0) is 17.7. The topological polar surface area (TPSA) is 42.5 Å². The van der Waals surface area contributed by atoms with Crippen LogP contribution in [0.2, 0.25) is 0 Å². The molecule has 2 aromatic rings. The minimum atomic E-state index is 0.750. The standard InChI is InChI=1S/C21H30N2O2/c1-3-5-16-25-21-12-7-6-11-20(21)23-14-13-22-18-9-8-10-19(17-18)24-15-4-2/h6-12,17,22-23H,3-5,13-16H2,1-2H3. The van der Waals surface area contributed by atoms with Gasteiger partial charge in [-0.3, -0.25) is 0 Å². The van der Waals surface area contributed by atoms with Crippen LogP contribution in [-0.2, 0) is 0 Å². The molecule has 4 heteroatoms. The number of nitrogens with one attached hydrogen (secondary N) is 2. The summed E-state index contributed by atoms with van der Waals surface area (Å²) >= 11 is 0. The van der Waals surface area contributed by atoms with E-state index in [4.69, 9.17) is 9.47 Å². The first kappa shape index (κ1) is 19.0. The second-order valence-electron chi connectivity index (χ2n) is 5.93. The van der Waals surface area contributed by atoms with Crippen LogP contribution in [0.15, 0.2) is 48.5 Å². The van der Waals surface area contributed by atoms with Gasteiger partial charge in [-0.05, 0) is 37.1 Å². The Kier molecular flexibility index (Phi) is 8.53. The summed E-state index contributed by atoms with van der Waals surface area (Å²) < 4.78 is 11.5. The fraction of sp³-hybridized carbons (Fsp3) is 0.429. The molecule has 0 aliphatic rings. The molecule has 0 saturated heterocycles. The molecule has 2 aromatic carbocycles. The van der Waals surface area contributed by atoms with Crippen LogP contribution in [0.5, 0.6) is 11.5 Å². The maximum atomic E-state index is 5.85. The molecule has 0 saturated carbocycles. The monoisotopic (exact) mass is 342 g/mol. The smallest absolute Gasteiger partial charge is 0.142 e. The zero-order valence-corrected chi connectivity index (χ0v) is 15.4. The van der Waals surface area contributed by atoms with Gasteiger partial charge < -0.3 is 20.1 Å². The van der Waals surface area contributed by atoms with E-state index in [9.17, 15) is 0 Å². The van der Waals surface area contributed by atoms with Crippen LogP contribution in [0.3, 0.4) is 0 Å². The molecule has 0 aliphatic carbocycles. The number of benzene rings is 2. The third kappa shape index (κ3) is 6.96. The van der Waals surface area contributed by atoms with Crippen LogP contribution >= 0.6 is 0 Å². The van der Waals surface area contributed by atoms with E-state index in [0.717, 1.165) is 68.4 Å². The number of unbranched alkanes of at least 4 members (excludes halogenated alkanes) is 1. The van der Waals surface area contributed by atoms with E-state index in [-0.39, 0.29) is 0 Å². The second kappa shape index (κ2) is 11.2. The van der Waals surface area contributed by atoms with E-state index in [1.54, 1.807) is 0 Å². The fourth-order valence-electron chi connectivity index (χ4n) is 2.38. The molecule has 0 aromatic heterocycles. The summed E-state index contributed by atoms with van der Waals surface area (Å²) in [6.45, 7) is 7.42. The predicted molar refractivity (Wildman–Crippen MR) is 106 cm³/mol. The SMILES string of the molecule is CCCCOc1ccccc1NCCNc1cccc(OCCC)c1. The normalized spacial score (nSPS) is 10.3. The molecule has 0 unspecified atom stereocenters. The molecule has 25 heavy (non-hydrogen) atoms. The molecule has 2 rings (SSSR count). The average Bonchev–Trinajstić information content (AvgIpc) is 2.65. The Morgan fingerprint density at radius 3 is 2.48 bits per heavy atom. The number of para-hydroxylation sites is 2. The van der Waals surface area contributed by atoms with Gasteiger partial charge in [0.1, 0.15) is 11.5 Å². The fourth-order valence-corrected chi connectivity index (χ4v) is 2.38. The molecule has 0 aliphatic heterocycles. The van der Waals surface area contributed by atoms with Crippen LogP contribution in [0, 0.1) is 0 Å². The van der Waals surface area contributed by atoms with Gasteiger partial charge in [-0.1, -0.05) is 38.5 Å². The van der Waals surface area contributed by atoms with Gasteiger partial charge in [0.2, 0.25) is 0 Å².